The SMILES string of the molecule is C/C(=N\NC(=O)c1csc(C(C)C)c1)[C@@H]1C[C@H]2CC[C@@H]1C2. The summed E-state index contributed by atoms with van der Waals surface area (Å²) in [6.07, 6.45) is 5.38. The molecule has 2 aliphatic carbocycles. The predicted molar refractivity (Wildman–Crippen MR) is 87.9 cm³/mol. The van der Waals surface area contributed by atoms with Gasteiger partial charge in [-0.3, -0.25) is 4.79 Å². The molecule has 0 spiro atoms. The number of nitrogens with one attached hydrogen (secondary N) is 1. The van der Waals surface area contributed by atoms with Crippen LogP contribution in [0, 0.1) is 17.8 Å². The van der Waals surface area contributed by atoms with Crippen molar-refractivity contribution in [3.8, 4) is 0 Å². The first kappa shape index (κ1) is 14.8. The Morgan fingerprint density at radius 1 is 1.38 bits per heavy atom. The van der Waals surface area contributed by atoms with Crippen LogP contribution in [0.3, 0.4) is 0 Å². The van der Waals surface area contributed by atoms with Gasteiger partial charge in [-0.05, 0) is 50.0 Å². The fourth-order valence-electron chi connectivity index (χ4n) is 3.82. The van der Waals surface area contributed by atoms with Crippen molar-refractivity contribution in [3.63, 3.8) is 0 Å². The van der Waals surface area contributed by atoms with Gasteiger partial charge in [0.1, 0.15) is 0 Å². The zero-order chi connectivity index (χ0) is 15.0. The molecule has 21 heavy (non-hydrogen) atoms. The number of fused-ring (bicyclic) bond motifs is 2. The second-order valence-corrected chi connectivity index (χ2v) is 7.81. The van der Waals surface area contributed by atoms with Gasteiger partial charge in [0.15, 0.2) is 0 Å². The summed E-state index contributed by atoms with van der Waals surface area (Å²) >= 11 is 1.65. The van der Waals surface area contributed by atoms with E-state index in [0.717, 1.165) is 23.1 Å². The lowest BCUT2D eigenvalue weighted by Crippen LogP contribution is -2.24. The fourth-order valence-corrected chi connectivity index (χ4v) is 4.72. The van der Waals surface area contributed by atoms with Crippen molar-refractivity contribution >= 4 is 23.0 Å². The minimum Gasteiger partial charge on any atom is -0.267 e. The highest BCUT2D eigenvalue weighted by molar-refractivity contribution is 7.10. The first-order valence-corrected chi connectivity index (χ1v) is 8.85. The Balaban J connectivity index is 1.60. The summed E-state index contributed by atoms with van der Waals surface area (Å²) in [6.45, 7) is 6.36. The highest BCUT2D eigenvalue weighted by atomic mass is 32.1. The smallest absolute Gasteiger partial charge is 0.267 e. The molecule has 2 aliphatic rings. The molecule has 0 aliphatic heterocycles. The first-order chi connectivity index (χ1) is 10.0. The summed E-state index contributed by atoms with van der Waals surface area (Å²) in [5, 5.41) is 6.30. The van der Waals surface area contributed by atoms with Gasteiger partial charge in [0.2, 0.25) is 0 Å². The van der Waals surface area contributed by atoms with Crippen LogP contribution in [0.5, 0.6) is 0 Å². The first-order valence-electron chi connectivity index (χ1n) is 7.97. The van der Waals surface area contributed by atoms with Crippen LogP contribution < -0.4 is 5.43 Å². The molecule has 2 saturated carbocycles. The molecule has 0 saturated heterocycles. The van der Waals surface area contributed by atoms with Crippen molar-refractivity contribution in [2.75, 3.05) is 0 Å². The third-order valence-corrected chi connectivity index (χ3v) is 6.29. The van der Waals surface area contributed by atoms with Crippen molar-refractivity contribution in [2.24, 2.45) is 22.9 Å². The van der Waals surface area contributed by atoms with Gasteiger partial charge in [-0.15, -0.1) is 11.3 Å². The van der Waals surface area contributed by atoms with E-state index in [2.05, 4.69) is 31.3 Å². The summed E-state index contributed by atoms with van der Waals surface area (Å²) in [7, 11) is 0. The maximum Gasteiger partial charge on any atom is 0.272 e. The average Bonchev–Trinajstić information content (AvgIpc) is 3.18. The number of hydrogen-bond donors (Lipinski definition) is 1. The maximum absolute atomic E-state index is 12.1. The largest absolute Gasteiger partial charge is 0.272 e. The second kappa shape index (κ2) is 5.91. The van der Waals surface area contributed by atoms with Gasteiger partial charge in [0.25, 0.3) is 5.91 Å². The molecule has 114 valence electrons. The minimum absolute atomic E-state index is 0.0827. The Labute approximate surface area is 130 Å². The van der Waals surface area contributed by atoms with E-state index in [9.17, 15) is 4.79 Å². The highest BCUT2D eigenvalue weighted by Gasteiger charge is 2.40. The topological polar surface area (TPSA) is 41.5 Å². The summed E-state index contributed by atoms with van der Waals surface area (Å²) in [4.78, 5) is 13.4. The van der Waals surface area contributed by atoms with Crippen LogP contribution in [0.25, 0.3) is 0 Å². The van der Waals surface area contributed by atoms with Gasteiger partial charge < -0.3 is 0 Å². The Bertz CT molecular complexity index is 561. The molecule has 3 nitrogen and oxygen atoms in total. The lowest BCUT2D eigenvalue weighted by atomic mass is 9.86. The van der Waals surface area contributed by atoms with Crippen molar-refractivity contribution in [3.05, 3.63) is 21.9 Å². The van der Waals surface area contributed by atoms with Crippen molar-refractivity contribution in [1.29, 1.82) is 0 Å². The van der Waals surface area contributed by atoms with Gasteiger partial charge >= 0.3 is 0 Å². The van der Waals surface area contributed by atoms with E-state index in [-0.39, 0.29) is 5.91 Å². The number of carbonyl (C=O) groups excluding carboxylic acids is 1. The third kappa shape index (κ3) is 3.05. The number of carbonyl (C=O) groups is 1. The number of nitrogens with zero attached hydrogens (tertiary/aromatic N) is 1. The number of rotatable bonds is 4. The predicted octanol–water partition coefficient (Wildman–Crippen LogP) is 4.41. The van der Waals surface area contributed by atoms with Crippen LogP contribution in [0.1, 0.15) is 67.6 Å². The number of hydrazone groups is 1. The van der Waals surface area contributed by atoms with Crippen LogP contribution >= 0.6 is 11.3 Å². The fraction of sp³-hybridized carbons (Fsp3) is 0.647. The molecule has 0 unspecified atom stereocenters. The van der Waals surface area contributed by atoms with E-state index in [0.29, 0.717) is 11.8 Å². The Morgan fingerprint density at radius 2 is 2.19 bits per heavy atom. The number of hydrogen-bond acceptors (Lipinski definition) is 3. The molecule has 1 aromatic rings. The van der Waals surface area contributed by atoms with Crippen LogP contribution in [0.4, 0.5) is 0 Å². The molecule has 3 atom stereocenters. The summed E-state index contributed by atoms with van der Waals surface area (Å²) < 4.78 is 0. The lowest BCUT2D eigenvalue weighted by molar-refractivity contribution is 0.0955. The van der Waals surface area contributed by atoms with Crippen LogP contribution in [-0.4, -0.2) is 11.6 Å². The summed E-state index contributed by atoms with van der Waals surface area (Å²) in [5.41, 5.74) is 4.58. The average molecular weight is 304 g/mol. The minimum atomic E-state index is -0.0827. The molecule has 1 heterocycles. The van der Waals surface area contributed by atoms with Crippen LogP contribution in [-0.2, 0) is 0 Å². The number of thiophene rings is 1. The Hall–Kier alpha value is -1.16. The van der Waals surface area contributed by atoms with E-state index in [4.69, 9.17) is 0 Å². The molecule has 2 fully saturated rings. The zero-order valence-electron chi connectivity index (χ0n) is 13.1. The monoisotopic (exact) mass is 304 g/mol. The van der Waals surface area contributed by atoms with E-state index in [1.54, 1.807) is 11.3 Å². The van der Waals surface area contributed by atoms with E-state index in [1.807, 2.05) is 11.4 Å². The normalized spacial score (nSPS) is 28.4. The van der Waals surface area contributed by atoms with Gasteiger partial charge in [-0.2, -0.15) is 5.10 Å². The van der Waals surface area contributed by atoms with Gasteiger partial charge in [-0.1, -0.05) is 20.3 Å². The Kier molecular flexibility index (Phi) is 4.16. The second-order valence-electron chi connectivity index (χ2n) is 6.87. The van der Waals surface area contributed by atoms with Crippen LogP contribution in [0.2, 0.25) is 0 Å². The molecule has 1 N–H and O–H groups in total. The summed E-state index contributed by atoms with van der Waals surface area (Å²) in [5.74, 6) is 2.70. The van der Waals surface area contributed by atoms with Gasteiger partial charge in [-0.25, -0.2) is 5.43 Å². The van der Waals surface area contributed by atoms with Crippen molar-refractivity contribution in [2.45, 2.75) is 52.4 Å². The molecule has 0 radical (unpaired) electrons. The quantitative estimate of drug-likeness (QED) is 0.649. The number of amides is 1. The third-order valence-electron chi connectivity index (χ3n) is 5.06. The molecular weight excluding hydrogens is 280 g/mol. The van der Waals surface area contributed by atoms with E-state index in [1.165, 1.54) is 30.6 Å². The maximum atomic E-state index is 12.1. The highest BCUT2D eigenvalue weighted by Crippen LogP contribution is 2.48. The standard InChI is InChI=1S/C17H24N2OS/c1-10(2)16-8-14(9-21-16)17(20)19-18-11(3)15-7-12-4-5-13(15)6-12/h8-10,12-13,15H,4-7H2,1-3H3,(H,19,20)/b18-11+/t12-,13+,15-/m0/s1. The molecule has 3 rings (SSSR count). The molecule has 4 heteroatoms. The van der Waals surface area contributed by atoms with E-state index >= 15 is 0 Å². The molecule has 2 bridgehead atoms. The van der Waals surface area contributed by atoms with Crippen LogP contribution in [0.15, 0.2) is 16.5 Å². The van der Waals surface area contributed by atoms with Gasteiger partial charge in [0, 0.05) is 21.9 Å². The van der Waals surface area contributed by atoms with Crippen molar-refractivity contribution in [1.82, 2.24) is 5.43 Å². The molecule has 1 amide bonds. The van der Waals surface area contributed by atoms with Crippen molar-refractivity contribution < 1.29 is 4.79 Å². The summed E-state index contributed by atoms with van der Waals surface area (Å²) in [6, 6.07) is 1.98. The zero-order valence-corrected chi connectivity index (χ0v) is 13.9. The van der Waals surface area contributed by atoms with E-state index < -0.39 is 0 Å². The molecule has 1 aromatic heterocycles. The Morgan fingerprint density at radius 3 is 2.76 bits per heavy atom. The molecular formula is C17H24N2OS. The van der Waals surface area contributed by atoms with Gasteiger partial charge in [0.05, 0.1) is 5.56 Å². The molecule has 0 aromatic carbocycles. The lowest BCUT2D eigenvalue weighted by Gasteiger charge is -2.21.